The molecule has 1 aromatic carbocycles. The predicted octanol–water partition coefficient (Wildman–Crippen LogP) is 2.43. The highest BCUT2D eigenvalue weighted by molar-refractivity contribution is 5.87. The molecule has 30 heavy (non-hydrogen) atoms. The molecule has 7 heteroatoms. The fourth-order valence-electron chi connectivity index (χ4n) is 3.31. The van der Waals surface area contributed by atoms with Gasteiger partial charge >= 0.3 is 5.97 Å². The number of hydrogen-bond acceptors (Lipinski definition) is 7. The first-order valence-electron chi connectivity index (χ1n) is 10.7. The number of carbonyl (C=O) groups excluding carboxylic acids is 1. The molecule has 2 rings (SSSR count). The molecule has 1 aromatic rings. The van der Waals surface area contributed by atoms with E-state index in [0.29, 0.717) is 6.61 Å². The molecular weight excluding hydrogens is 388 g/mol. The van der Waals surface area contributed by atoms with E-state index in [9.17, 15) is 20.1 Å². The van der Waals surface area contributed by atoms with Crippen molar-refractivity contribution in [3.8, 4) is 0 Å². The van der Waals surface area contributed by atoms with Gasteiger partial charge in [-0.25, -0.2) is 4.79 Å². The minimum atomic E-state index is -1.37. The van der Waals surface area contributed by atoms with E-state index in [0.717, 1.165) is 24.8 Å². The number of ether oxygens (including phenoxy) is 3. The van der Waals surface area contributed by atoms with Crippen LogP contribution in [0.4, 0.5) is 0 Å². The fourth-order valence-corrected chi connectivity index (χ4v) is 3.31. The van der Waals surface area contributed by atoms with Crippen LogP contribution in [-0.2, 0) is 19.0 Å². The molecule has 0 amide bonds. The first-order valence-corrected chi connectivity index (χ1v) is 10.7. The Morgan fingerprint density at radius 3 is 2.47 bits per heavy atom. The number of rotatable bonds is 12. The Hall–Kier alpha value is -1.77. The van der Waals surface area contributed by atoms with Crippen molar-refractivity contribution in [1.82, 2.24) is 0 Å². The van der Waals surface area contributed by atoms with Gasteiger partial charge in [0.25, 0.3) is 0 Å². The van der Waals surface area contributed by atoms with Crippen molar-refractivity contribution in [2.45, 2.75) is 76.2 Å². The number of unbranched alkanes of at least 4 members (excludes halogenated alkanes) is 5. The Morgan fingerprint density at radius 1 is 1.07 bits per heavy atom. The Morgan fingerprint density at radius 2 is 1.77 bits per heavy atom. The highest BCUT2D eigenvalue weighted by atomic mass is 16.7. The van der Waals surface area contributed by atoms with E-state index < -0.39 is 43.3 Å². The fraction of sp³-hybridized carbons (Fsp3) is 0.609. The lowest BCUT2D eigenvalue weighted by molar-refractivity contribution is -0.302. The normalized spacial score (nSPS) is 26.7. The third-order valence-corrected chi connectivity index (χ3v) is 5.07. The molecule has 0 aliphatic carbocycles. The molecule has 1 fully saturated rings. The highest BCUT2D eigenvalue weighted by Gasteiger charge is 2.47. The Bertz CT molecular complexity index is 634. The zero-order valence-electron chi connectivity index (χ0n) is 17.6. The zero-order valence-corrected chi connectivity index (χ0v) is 17.6. The summed E-state index contributed by atoms with van der Waals surface area (Å²) < 4.78 is 16.4. The third kappa shape index (κ3) is 7.81. The van der Waals surface area contributed by atoms with Gasteiger partial charge in [-0.15, -0.1) is 0 Å². The van der Waals surface area contributed by atoms with E-state index in [-0.39, 0.29) is 0 Å². The SMILES string of the molecule is CCCCCCCCO[C@@H]1O[C@H](CO)[C@@H](O)[C@H](OC(=O)/C=C/c2ccccc2)[C@H]1O. The topological polar surface area (TPSA) is 105 Å². The molecule has 0 saturated carbocycles. The molecule has 0 unspecified atom stereocenters. The van der Waals surface area contributed by atoms with Crippen molar-refractivity contribution in [2.75, 3.05) is 13.2 Å². The maximum Gasteiger partial charge on any atom is 0.331 e. The van der Waals surface area contributed by atoms with Gasteiger partial charge in [-0.3, -0.25) is 0 Å². The summed E-state index contributed by atoms with van der Waals surface area (Å²) >= 11 is 0. The Labute approximate surface area is 178 Å². The molecule has 1 heterocycles. The second-order valence-corrected chi connectivity index (χ2v) is 7.49. The lowest BCUT2D eigenvalue weighted by atomic mass is 9.99. The van der Waals surface area contributed by atoms with Crippen molar-refractivity contribution in [1.29, 1.82) is 0 Å². The molecule has 3 N–H and O–H groups in total. The number of aliphatic hydroxyl groups is 3. The molecule has 0 bridgehead atoms. The zero-order chi connectivity index (χ0) is 21.8. The van der Waals surface area contributed by atoms with Crippen LogP contribution in [-0.4, -0.2) is 65.2 Å². The second-order valence-electron chi connectivity index (χ2n) is 7.49. The summed E-state index contributed by atoms with van der Waals surface area (Å²) in [7, 11) is 0. The van der Waals surface area contributed by atoms with Crippen LogP contribution >= 0.6 is 0 Å². The van der Waals surface area contributed by atoms with Gasteiger partial charge in [0.15, 0.2) is 12.4 Å². The second kappa shape index (κ2) is 13.5. The smallest absolute Gasteiger partial charge is 0.331 e. The standard InChI is InChI=1S/C23H34O7/c1-2-3-4-5-6-10-15-28-23-21(27)22(20(26)18(16-24)29-23)30-19(25)14-13-17-11-8-7-9-12-17/h7-9,11-14,18,20-24,26-27H,2-6,10,15-16H2,1H3/b14-13+/t18-,20-,21-,22+,23-/m1/s1. The summed E-state index contributed by atoms with van der Waals surface area (Å²) in [6.07, 6.45) is 3.24. The molecule has 1 aliphatic heterocycles. The van der Waals surface area contributed by atoms with Crippen molar-refractivity contribution in [2.24, 2.45) is 0 Å². The molecule has 0 radical (unpaired) electrons. The van der Waals surface area contributed by atoms with Crippen molar-refractivity contribution >= 4 is 12.0 Å². The van der Waals surface area contributed by atoms with Crippen molar-refractivity contribution in [3.63, 3.8) is 0 Å². The number of hydrogen-bond donors (Lipinski definition) is 3. The van der Waals surface area contributed by atoms with Gasteiger partial charge in [0.05, 0.1) is 6.61 Å². The lowest BCUT2D eigenvalue weighted by Crippen LogP contribution is -2.60. The van der Waals surface area contributed by atoms with Gasteiger partial charge in [0.2, 0.25) is 0 Å². The van der Waals surface area contributed by atoms with Crippen LogP contribution in [0.2, 0.25) is 0 Å². The number of aliphatic hydroxyl groups excluding tert-OH is 3. The quantitative estimate of drug-likeness (QED) is 0.270. The van der Waals surface area contributed by atoms with Crippen molar-refractivity contribution < 1.29 is 34.3 Å². The molecule has 5 atom stereocenters. The van der Waals surface area contributed by atoms with Crippen LogP contribution in [0.3, 0.4) is 0 Å². The summed E-state index contributed by atoms with van der Waals surface area (Å²) in [6, 6.07) is 9.21. The van der Waals surface area contributed by atoms with E-state index in [2.05, 4.69) is 6.92 Å². The molecule has 1 saturated heterocycles. The molecule has 168 valence electrons. The van der Waals surface area contributed by atoms with Gasteiger partial charge < -0.3 is 29.5 Å². The molecular formula is C23H34O7. The van der Waals surface area contributed by atoms with Gasteiger partial charge in [-0.1, -0.05) is 69.4 Å². The summed E-state index contributed by atoms with van der Waals surface area (Å²) in [5.74, 6) is -0.713. The van der Waals surface area contributed by atoms with E-state index in [4.69, 9.17) is 14.2 Å². The van der Waals surface area contributed by atoms with E-state index >= 15 is 0 Å². The van der Waals surface area contributed by atoms with Crippen LogP contribution < -0.4 is 0 Å². The average Bonchev–Trinajstić information content (AvgIpc) is 2.76. The molecule has 0 spiro atoms. The minimum absolute atomic E-state index is 0.372. The van der Waals surface area contributed by atoms with Gasteiger partial charge in [0, 0.05) is 12.7 Å². The summed E-state index contributed by atoms with van der Waals surface area (Å²) in [4.78, 5) is 12.2. The minimum Gasteiger partial charge on any atom is -0.453 e. The van der Waals surface area contributed by atoms with E-state index in [1.165, 1.54) is 25.3 Å². The largest absolute Gasteiger partial charge is 0.453 e. The molecule has 0 aromatic heterocycles. The van der Waals surface area contributed by atoms with Crippen LogP contribution in [0.25, 0.3) is 6.08 Å². The Balaban J connectivity index is 1.87. The van der Waals surface area contributed by atoms with E-state index in [1.54, 1.807) is 6.08 Å². The van der Waals surface area contributed by atoms with Gasteiger partial charge in [-0.2, -0.15) is 0 Å². The lowest BCUT2D eigenvalue weighted by Gasteiger charge is -2.41. The van der Waals surface area contributed by atoms with Crippen LogP contribution in [0.5, 0.6) is 0 Å². The van der Waals surface area contributed by atoms with Crippen molar-refractivity contribution in [3.05, 3.63) is 42.0 Å². The maximum atomic E-state index is 12.2. The maximum absolute atomic E-state index is 12.2. The predicted molar refractivity (Wildman–Crippen MR) is 112 cm³/mol. The summed E-state index contributed by atoms with van der Waals surface area (Å²) in [6.45, 7) is 2.05. The number of esters is 1. The van der Waals surface area contributed by atoms with Crippen LogP contribution in [0, 0.1) is 0 Å². The first kappa shape index (κ1) is 24.5. The van der Waals surface area contributed by atoms with E-state index in [1.807, 2.05) is 30.3 Å². The van der Waals surface area contributed by atoms with Crippen LogP contribution in [0.1, 0.15) is 51.0 Å². The Kier molecular flexibility index (Phi) is 11.0. The van der Waals surface area contributed by atoms with Crippen LogP contribution in [0.15, 0.2) is 36.4 Å². The summed E-state index contributed by atoms with van der Waals surface area (Å²) in [5.41, 5.74) is 0.816. The first-order chi connectivity index (χ1) is 14.6. The highest BCUT2D eigenvalue weighted by Crippen LogP contribution is 2.25. The molecule has 1 aliphatic rings. The number of benzene rings is 1. The third-order valence-electron chi connectivity index (χ3n) is 5.07. The summed E-state index contributed by atoms with van der Waals surface area (Å²) in [5, 5.41) is 30.4. The monoisotopic (exact) mass is 422 g/mol. The number of carbonyl (C=O) groups is 1. The van der Waals surface area contributed by atoms with Gasteiger partial charge in [-0.05, 0) is 18.1 Å². The average molecular weight is 423 g/mol. The molecule has 7 nitrogen and oxygen atoms in total. The van der Waals surface area contributed by atoms with Gasteiger partial charge in [0.1, 0.15) is 18.3 Å².